The quantitative estimate of drug-likeness (QED) is 0.550. The first-order chi connectivity index (χ1) is 18.7. The van der Waals surface area contributed by atoms with Crippen molar-refractivity contribution in [2.45, 2.75) is 49.6 Å². The molecule has 40 heavy (non-hydrogen) atoms. The van der Waals surface area contributed by atoms with Crippen LogP contribution >= 0.6 is 0 Å². The molecular weight excluding hydrogens is 539 g/mol. The highest BCUT2D eigenvalue weighted by Gasteiger charge is 2.66. The maximum atomic E-state index is 14.6. The Hall–Kier alpha value is -3.32. The molecule has 3 aliphatic heterocycles. The molecule has 0 bridgehead atoms. The number of alkyl halides is 3. The van der Waals surface area contributed by atoms with Crippen LogP contribution in [0.25, 0.3) is 0 Å². The molecule has 3 fully saturated rings. The molecule has 2 aromatic rings. The lowest BCUT2D eigenvalue weighted by Gasteiger charge is -2.61. The molecule has 216 valence electrons. The summed E-state index contributed by atoms with van der Waals surface area (Å²) in [5.74, 6) is -7.27. The van der Waals surface area contributed by atoms with Crippen LogP contribution in [-0.4, -0.2) is 83.8 Å². The zero-order valence-electron chi connectivity index (χ0n) is 22.3. The number of carbonyl (C=O) groups excluding carboxylic acids is 2. The van der Waals surface area contributed by atoms with Gasteiger partial charge in [-0.05, 0) is 38.6 Å². The Morgan fingerprint density at radius 1 is 1.20 bits per heavy atom. The Labute approximate surface area is 227 Å². The van der Waals surface area contributed by atoms with E-state index < -0.39 is 53.0 Å². The van der Waals surface area contributed by atoms with E-state index in [0.717, 1.165) is 39.1 Å². The number of ether oxygens (including phenoxy) is 2. The number of hydrogen-bond acceptors (Lipinski definition) is 6. The van der Waals surface area contributed by atoms with E-state index in [2.05, 4.69) is 15.2 Å². The predicted molar refractivity (Wildman–Crippen MR) is 133 cm³/mol. The third-order valence-corrected chi connectivity index (χ3v) is 8.80. The van der Waals surface area contributed by atoms with Crippen molar-refractivity contribution in [1.29, 1.82) is 0 Å². The second kappa shape index (κ2) is 9.65. The number of nitrogens with zero attached hydrogens (tertiary/aromatic N) is 3. The smallest absolute Gasteiger partial charge is 0.417 e. The molecule has 3 aliphatic rings. The highest BCUT2D eigenvalue weighted by molar-refractivity contribution is 5.98. The number of anilines is 1. The fourth-order valence-corrected chi connectivity index (χ4v) is 5.90. The molecule has 1 aromatic carbocycles. The van der Waals surface area contributed by atoms with Crippen LogP contribution in [0.5, 0.6) is 5.75 Å². The summed E-state index contributed by atoms with van der Waals surface area (Å²) in [4.78, 5) is 34.3. The van der Waals surface area contributed by atoms with Crippen molar-refractivity contribution < 1.29 is 41.0 Å². The fraction of sp³-hybridized carbons (Fsp3) is 0.519. The van der Waals surface area contributed by atoms with Crippen LogP contribution in [0.1, 0.15) is 42.2 Å². The second-order valence-electron chi connectivity index (χ2n) is 10.9. The first-order valence-electron chi connectivity index (χ1n) is 12.8. The minimum absolute atomic E-state index is 0.000970. The normalized spacial score (nSPS) is 27.7. The van der Waals surface area contributed by atoms with Gasteiger partial charge in [-0.25, -0.2) is 4.39 Å². The van der Waals surface area contributed by atoms with Crippen LogP contribution in [0.4, 0.5) is 27.6 Å². The molecular formula is C27H29F5N4O4. The summed E-state index contributed by atoms with van der Waals surface area (Å²) < 4.78 is 81.3. The molecule has 1 aromatic heterocycles. The van der Waals surface area contributed by atoms with E-state index in [0.29, 0.717) is 13.1 Å². The zero-order chi connectivity index (χ0) is 29.2. The van der Waals surface area contributed by atoms with Crippen molar-refractivity contribution in [2.75, 3.05) is 39.1 Å². The zero-order valence-corrected chi connectivity index (χ0v) is 22.3. The largest absolute Gasteiger partial charge is 0.493 e. The Bertz CT molecular complexity index is 1350. The molecule has 0 aliphatic carbocycles. The van der Waals surface area contributed by atoms with Crippen molar-refractivity contribution in [3.8, 4) is 5.75 Å². The van der Waals surface area contributed by atoms with Gasteiger partial charge >= 0.3 is 6.18 Å². The molecule has 0 unspecified atom stereocenters. The lowest BCUT2D eigenvalue weighted by Crippen LogP contribution is -2.76. The Morgan fingerprint density at radius 3 is 2.48 bits per heavy atom. The number of likely N-dealkylation sites (tertiary alicyclic amines) is 2. The molecule has 1 N–H and O–H groups in total. The first kappa shape index (κ1) is 28.2. The van der Waals surface area contributed by atoms with Crippen molar-refractivity contribution in [3.63, 3.8) is 0 Å². The molecule has 4 heterocycles. The number of nitrogens with one attached hydrogen (secondary N) is 1. The summed E-state index contributed by atoms with van der Waals surface area (Å²) in [5.41, 5.74) is -2.74. The third-order valence-electron chi connectivity index (χ3n) is 8.80. The Balaban J connectivity index is 1.41. The number of benzene rings is 1. The van der Waals surface area contributed by atoms with Crippen LogP contribution in [0.15, 0.2) is 30.5 Å². The van der Waals surface area contributed by atoms with Crippen LogP contribution in [0.2, 0.25) is 0 Å². The van der Waals surface area contributed by atoms with E-state index in [-0.39, 0.29) is 28.4 Å². The van der Waals surface area contributed by atoms with Crippen LogP contribution in [0, 0.1) is 17.6 Å². The average molecular weight is 569 g/mol. The van der Waals surface area contributed by atoms with E-state index >= 15 is 0 Å². The fourth-order valence-electron chi connectivity index (χ4n) is 5.90. The average Bonchev–Trinajstić information content (AvgIpc) is 3.15. The number of likely N-dealkylation sites (N-methyl/N-ethyl adjacent to an activating group) is 1. The van der Waals surface area contributed by atoms with Crippen molar-refractivity contribution in [3.05, 3.63) is 53.4 Å². The Morgan fingerprint density at radius 2 is 1.90 bits per heavy atom. The first-order valence-corrected chi connectivity index (χ1v) is 12.8. The van der Waals surface area contributed by atoms with Gasteiger partial charge in [0, 0.05) is 48.9 Å². The maximum absolute atomic E-state index is 14.6. The van der Waals surface area contributed by atoms with Crippen molar-refractivity contribution >= 4 is 17.5 Å². The number of methoxy groups -OCH3 is 1. The maximum Gasteiger partial charge on any atom is 0.417 e. The summed E-state index contributed by atoms with van der Waals surface area (Å²) in [6.45, 7) is 4.13. The number of rotatable bonds is 5. The van der Waals surface area contributed by atoms with Crippen molar-refractivity contribution in [1.82, 2.24) is 14.8 Å². The number of pyridine rings is 1. The van der Waals surface area contributed by atoms with Gasteiger partial charge in [0.1, 0.15) is 11.8 Å². The molecule has 4 atom stereocenters. The Kier molecular flexibility index (Phi) is 6.81. The summed E-state index contributed by atoms with van der Waals surface area (Å²) in [5, 5.41) is 2.51. The van der Waals surface area contributed by atoms with Gasteiger partial charge in [-0.3, -0.25) is 19.5 Å². The van der Waals surface area contributed by atoms with Crippen LogP contribution < -0.4 is 10.1 Å². The molecule has 2 amide bonds. The standard InChI is InChI=1S/C27H29F5N4O4/c1-14-19(16-5-6-17(28)20(29)21(16)39-4)22(40-25(14,2)27(30,31)32)23(37)34-15-7-9-33-18(11-15)24(38)36-12-26(13-36)8-10-35(26)3/h5-7,9,11,14,19,22H,8,10,12-13H2,1-4H3,(H,33,34,37)/t14-,19-,22+,25+/m0/s1. The lowest BCUT2D eigenvalue weighted by molar-refractivity contribution is -0.272. The van der Waals surface area contributed by atoms with Gasteiger partial charge in [0.05, 0.1) is 12.6 Å². The third kappa shape index (κ3) is 4.30. The van der Waals surface area contributed by atoms with Gasteiger partial charge in [0.25, 0.3) is 11.8 Å². The monoisotopic (exact) mass is 568 g/mol. The SMILES string of the molecule is COc1c([C@H]2[C@H](C(=O)Nc3ccnc(C(=O)N4CC5(CCN5C)C4)c3)O[C@@](C)(C(F)(F)F)[C@H]2C)ccc(F)c1F. The van der Waals surface area contributed by atoms with Crippen molar-refractivity contribution in [2.24, 2.45) is 5.92 Å². The van der Waals surface area contributed by atoms with Gasteiger partial charge < -0.3 is 19.7 Å². The molecule has 0 radical (unpaired) electrons. The summed E-state index contributed by atoms with van der Waals surface area (Å²) in [6, 6.07) is 4.58. The number of aromatic nitrogens is 1. The highest BCUT2D eigenvalue weighted by Crippen LogP contribution is 2.55. The molecule has 8 nitrogen and oxygen atoms in total. The van der Waals surface area contributed by atoms with E-state index in [1.807, 2.05) is 7.05 Å². The summed E-state index contributed by atoms with van der Waals surface area (Å²) in [6.07, 6.45) is -4.33. The number of halogens is 5. The second-order valence-corrected chi connectivity index (χ2v) is 10.9. The number of hydrogen-bond donors (Lipinski definition) is 1. The van der Waals surface area contributed by atoms with E-state index in [1.165, 1.54) is 25.3 Å². The molecule has 13 heteroatoms. The van der Waals surface area contributed by atoms with E-state index in [1.54, 1.807) is 4.90 Å². The minimum Gasteiger partial charge on any atom is -0.493 e. The predicted octanol–water partition coefficient (Wildman–Crippen LogP) is 3.98. The topological polar surface area (TPSA) is 84.0 Å². The highest BCUT2D eigenvalue weighted by atomic mass is 19.4. The molecule has 1 spiro atoms. The lowest BCUT2D eigenvalue weighted by atomic mass is 9.77. The van der Waals surface area contributed by atoms with Gasteiger partial charge in [0.15, 0.2) is 17.2 Å². The molecule has 3 saturated heterocycles. The van der Waals surface area contributed by atoms with E-state index in [9.17, 15) is 31.5 Å². The van der Waals surface area contributed by atoms with Gasteiger partial charge in [0.2, 0.25) is 5.82 Å². The summed E-state index contributed by atoms with van der Waals surface area (Å²) >= 11 is 0. The van der Waals surface area contributed by atoms with Crippen LogP contribution in [0.3, 0.4) is 0 Å². The van der Waals surface area contributed by atoms with Gasteiger partial charge in [-0.2, -0.15) is 17.6 Å². The number of amides is 2. The molecule has 0 saturated carbocycles. The summed E-state index contributed by atoms with van der Waals surface area (Å²) in [7, 11) is 3.05. The minimum atomic E-state index is -4.88. The van der Waals surface area contributed by atoms with Crippen LogP contribution in [-0.2, 0) is 9.53 Å². The van der Waals surface area contributed by atoms with Gasteiger partial charge in [-0.1, -0.05) is 13.0 Å². The van der Waals surface area contributed by atoms with Gasteiger partial charge in [-0.15, -0.1) is 0 Å². The number of carbonyl (C=O) groups is 2. The molecule has 5 rings (SSSR count). The van der Waals surface area contributed by atoms with E-state index in [4.69, 9.17) is 9.47 Å².